The van der Waals surface area contributed by atoms with E-state index in [0.29, 0.717) is 19.6 Å². The number of rotatable bonds is 6. The molecule has 0 saturated carbocycles. The van der Waals surface area contributed by atoms with E-state index in [9.17, 15) is 8.42 Å². The van der Waals surface area contributed by atoms with Crippen LogP contribution in [0.1, 0.15) is 32.6 Å². The Morgan fingerprint density at radius 3 is 2.32 bits per heavy atom. The molecule has 2 rings (SSSR count). The van der Waals surface area contributed by atoms with Crippen LogP contribution in [0, 0.1) is 0 Å². The molecule has 1 unspecified atom stereocenters. The Balaban J connectivity index is 1.90. The average molecular weight is 325 g/mol. The molecule has 5 nitrogen and oxygen atoms in total. The molecule has 0 aromatic heterocycles. The molecule has 1 aromatic rings. The van der Waals surface area contributed by atoms with E-state index in [4.69, 9.17) is 0 Å². The first-order valence-electron chi connectivity index (χ1n) is 8.03. The molecule has 0 bridgehead atoms. The maximum atomic E-state index is 12.4. The van der Waals surface area contributed by atoms with Crippen LogP contribution in [-0.2, 0) is 10.2 Å². The van der Waals surface area contributed by atoms with Gasteiger partial charge in [-0.05, 0) is 31.9 Å². The summed E-state index contributed by atoms with van der Waals surface area (Å²) in [6, 6.07) is 10.1. The molecule has 1 N–H and O–H groups in total. The van der Waals surface area contributed by atoms with Gasteiger partial charge < -0.3 is 4.90 Å². The topological polar surface area (TPSA) is 52.7 Å². The van der Waals surface area contributed by atoms with Crippen molar-refractivity contribution in [2.45, 2.75) is 38.6 Å². The van der Waals surface area contributed by atoms with Gasteiger partial charge in [0.15, 0.2) is 0 Å². The van der Waals surface area contributed by atoms with Crippen molar-refractivity contribution in [1.29, 1.82) is 0 Å². The van der Waals surface area contributed by atoms with Crippen LogP contribution in [0.15, 0.2) is 30.3 Å². The van der Waals surface area contributed by atoms with E-state index in [-0.39, 0.29) is 6.04 Å². The Kier molecular flexibility index (Phi) is 6.23. The van der Waals surface area contributed by atoms with E-state index in [2.05, 4.69) is 9.62 Å². The molecule has 1 atom stereocenters. The molecule has 22 heavy (non-hydrogen) atoms. The van der Waals surface area contributed by atoms with E-state index in [1.54, 1.807) is 4.31 Å². The van der Waals surface area contributed by atoms with E-state index in [0.717, 1.165) is 31.4 Å². The van der Waals surface area contributed by atoms with Crippen molar-refractivity contribution in [3.05, 3.63) is 30.3 Å². The van der Waals surface area contributed by atoms with Crippen LogP contribution < -0.4 is 9.62 Å². The fourth-order valence-electron chi connectivity index (χ4n) is 2.65. The van der Waals surface area contributed by atoms with E-state index in [1.165, 1.54) is 0 Å². The fraction of sp³-hybridized carbons (Fsp3) is 0.625. The molecular formula is C16H27N3O2S. The molecule has 1 aromatic carbocycles. The highest BCUT2D eigenvalue weighted by molar-refractivity contribution is 7.87. The molecule has 1 saturated heterocycles. The van der Waals surface area contributed by atoms with Crippen LogP contribution in [0.5, 0.6) is 0 Å². The number of hydrogen-bond acceptors (Lipinski definition) is 3. The molecular weight excluding hydrogens is 298 g/mol. The van der Waals surface area contributed by atoms with Gasteiger partial charge in [-0.2, -0.15) is 12.7 Å². The number of benzene rings is 1. The Bertz CT molecular complexity index is 540. The zero-order valence-corrected chi connectivity index (χ0v) is 14.3. The summed E-state index contributed by atoms with van der Waals surface area (Å²) >= 11 is 0. The molecule has 1 heterocycles. The molecule has 0 radical (unpaired) electrons. The minimum absolute atomic E-state index is 0.0872. The number of nitrogens with one attached hydrogen (secondary N) is 1. The lowest BCUT2D eigenvalue weighted by Gasteiger charge is -2.28. The van der Waals surface area contributed by atoms with Crippen molar-refractivity contribution in [2.24, 2.45) is 0 Å². The lowest BCUT2D eigenvalue weighted by atomic mass is 10.2. The van der Waals surface area contributed by atoms with Gasteiger partial charge in [0, 0.05) is 38.4 Å². The summed E-state index contributed by atoms with van der Waals surface area (Å²) in [5, 5.41) is 0. The first-order valence-corrected chi connectivity index (χ1v) is 9.47. The smallest absolute Gasteiger partial charge is 0.279 e. The lowest BCUT2D eigenvalue weighted by Crippen LogP contribution is -2.46. The van der Waals surface area contributed by atoms with Gasteiger partial charge in [0.1, 0.15) is 0 Å². The zero-order chi connectivity index (χ0) is 16.0. The van der Waals surface area contributed by atoms with Crippen molar-refractivity contribution in [3.63, 3.8) is 0 Å². The third kappa shape index (κ3) is 4.69. The fourth-order valence-corrected chi connectivity index (χ4v) is 4.03. The molecule has 124 valence electrons. The Morgan fingerprint density at radius 1 is 1.14 bits per heavy atom. The summed E-state index contributed by atoms with van der Waals surface area (Å²) in [7, 11) is -1.37. The molecule has 0 spiro atoms. The van der Waals surface area contributed by atoms with Crippen molar-refractivity contribution >= 4 is 15.9 Å². The van der Waals surface area contributed by atoms with Gasteiger partial charge in [0.2, 0.25) is 0 Å². The summed E-state index contributed by atoms with van der Waals surface area (Å²) in [4.78, 5) is 2.09. The predicted octanol–water partition coefficient (Wildman–Crippen LogP) is 2.22. The van der Waals surface area contributed by atoms with Crippen LogP contribution in [0.25, 0.3) is 0 Å². The van der Waals surface area contributed by atoms with Gasteiger partial charge in [0.05, 0.1) is 0 Å². The molecule has 6 heteroatoms. The standard InChI is InChI=1S/C16H27N3O2S/c1-15(18(2)16-10-6-5-7-11-16)14-17-22(20,21)19-12-8-3-4-9-13-19/h5-7,10-11,15,17H,3-4,8-9,12-14H2,1-2H3. The highest BCUT2D eigenvalue weighted by Crippen LogP contribution is 2.15. The summed E-state index contributed by atoms with van der Waals surface area (Å²) in [6.45, 7) is 3.71. The quantitative estimate of drug-likeness (QED) is 0.872. The average Bonchev–Trinajstić information content (AvgIpc) is 2.82. The summed E-state index contributed by atoms with van der Waals surface area (Å²) < 4.78 is 29.2. The van der Waals surface area contributed by atoms with Crippen molar-refractivity contribution < 1.29 is 8.42 Å². The van der Waals surface area contributed by atoms with Crippen molar-refractivity contribution in [1.82, 2.24) is 9.03 Å². The van der Waals surface area contributed by atoms with E-state index in [1.807, 2.05) is 44.3 Å². The minimum Gasteiger partial charge on any atom is -0.371 e. The van der Waals surface area contributed by atoms with Gasteiger partial charge in [0.25, 0.3) is 10.2 Å². The minimum atomic E-state index is -3.36. The zero-order valence-electron chi connectivity index (χ0n) is 13.5. The second kappa shape index (κ2) is 7.94. The number of hydrogen-bond donors (Lipinski definition) is 1. The van der Waals surface area contributed by atoms with Crippen molar-refractivity contribution in [2.75, 3.05) is 31.6 Å². The van der Waals surface area contributed by atoms with E-state index < -0.39 is 10.2 Å². The molecule has 0 aliphatic carbocycles. The van der Waals surface area contributed by atoms with Gasteiger partial charge in [-0.1, -0.05) is 31.0 Å². The second-order valence-electron chi connectivity index (χ2n) is 5.96. The normalized spacial score (nSPS) is 18.6. The maximum Gasteiger partial charge on any atom is 0.279 e. The number of para-hydroxylation sites is 1. The van der Waals surface area contributed by atoms with Crippen LogP contribution in [0.3, 0.4) is 0 Å². The second-order valence-corrected chi connectivity index (χ2v) is 7.72. The molecule has 0 amide bonds. The maximum absolute atomic E-state index is 12.4. The summed E-state index contributed by atoms with van der Waals surface area (Å²) in [5.41, 5.74) is 1.09. The SMILES string of the molecule is CC(CNS(=O)(=O)N1CCCCCC1)N(C)c1ccccc1. The van der Waals surface area contributed by atoms with E-state index >= 15 is 0 Å². The Hall–Kier alpha value is -1.11. The van der Waals surface area contributed by atoms with Crippen molar-refractivity contribution in [3.8, 4) is 0 Å². The Labute approximate surface area is 134 Å². The van der Waals surface area contributed by atoms with Gasteiger partial charge in [-0.15, -0.1) is 0 Å². The molecule has 1 aliphatic rings. The Morgan fingerprint density at radius 2 is 1.73 bits per heavy atom. The summed E-state index contributed by atoms with van der Waals surface area (Å²) in [6.07, 6.45) is 4.17. The number of nitrogens with zero attached hydrogens (tertiary/aromatic N) is 2. The third-order valence-electron chi connectivity index (χ3n) is 4.29. The third-order valence-corrected chi connectivity index (χ3v) is 5.87. The highest BCUT2D eigenvalue weighted by atomic mass is 32.2. The number of likely N-dealkylation sites (N-methyl/N-ethyl adjacent to an activating group) is 1. The number of anilines is 1. The van der Waals surface area contributed by atoms with Gasteiger partial charge in [-0.3, -0.25) is 0 Å². The van der Waals surface area contributed by atoms with Crippen LogP contribution in [0.4, 0.5) is 5.69 Å². The molecule has 1 aliphatic heterocycles. The first-order chi connectivity index (χ1) is 10.5. The lowest BCUT2D eigenvalue weighted by molar-refractivity contribution is 0.413. The highest BCUT2D eigenvalue weighted by Gasteiger charge is 2.23. The largest absolute Gasteiger partial charge is 0.371 e. The predicted molar refractivity (Wildman–Crippen MR) is 91.3 cm³/mol. The van der Waals surface area contributed by atoms with Gasteiger partial charge >= 0.3 is 0 Å². The molecule has 1 fully saturated rings. The summed E-state index contributed by atoms with van der Waals surface area (Å²) in [5.74, 6) is 0. The first kappa shape index (κ1) is 17.2. The van der Waals surface area contributed by atoms with Crippen LogP contribution >= 0.6 is 0 Å². The van der Waals surface area contributed by atoms with Crippen LogP contribution in [0.2, 0.25) is 0 Å². The monoisotopic (exact) mass is 325 g/mol. The van der Waals surface area contributed by atoms with Crippen LogP contribution in [-0.4, -0.2) is 45.4 Å². The van der Waals surface area contributed by atoms with Gasteiger partial charge in [-0.25, -0.2) is 4.72 Å².